The van der Waals surface area contributed by atoms with Crippen LogP contribution in [-0.4, -0.2) is 41.9 Å². The van der Waals surface area contributed by atoms with Gasteiger partial charge in [-0.05, 0) is 18.9 Å². The lowest BCUT2D eigenvalue weighted by Gasteiger charge is -2.34. The highest BCUT2D eigenvalue weighted by Gasteiger charge is 2.33. The number of ether oxygens (including phenoxy) is 2. The minimum atomic E-state index is -0.507. The molecule has 0 N–H and O–H groups in total. The lowest BCUT2D eigenvalue weighted by Crippen LogP contribution is -2.45. The van der Waals surface area contributed by atoms with Gasteiger partial charge in [-0.25, -0.2) is 0 Å². The number of amides is 1. The fourth-order valence-corrected chi connectivity index (χ4v) is 3.05. The molecule has 0 saturated carbocycles. The van der Waals surface area contributed by atoms with E-state index in [0.29, 0.717) is 37.2 Å². The van der Waals surface area contributed by atoms with Crippen LogP contribution in [-0.2, 0) is 20.9 Å². The molecule has 0 radical (unpaired) electrons. The molecule has 1 aliphatic heterocycles. The smallest absolute Gasteiger partial charge is 0.309 e. The van der Waals surface area contributed by atoms with Gasteiger partial charge in [0.25, 0.3) is 5.69 Å². The third-order valence-electron chi connectivity index (χ3n) is 4.60. The molecule has 1 amide bonds. The zero-order valence-electron chi connectivity index (χ0n) is 16.2. The number of piperidine rings is 1. The number of methoxy groups -OCH3 is 1. The van der Waals surface area contributed by atoms with Crippen LogP contribution >= 0.6 is 0 Å². The topological polar surface area (TPSA) is 99.0 Å². The maximum Gasteiger partial charge on any atom is 0.309 e. The van der Waals surface area contributed by atoms with E-state index >= 15 is 0 Å². The summed E-state index contributed by atoms with van der Waals surface area (Å²) >= 11 is 0. The van der Waals surface area contributed by atoms with Crippen molar-refractivity contribution in [1.29, 1.82) is 0 Å². The molecule has 148 valence electrons. The first-order valence-electron chi connectivity index (χ1n) is 8.90. The van der Waals surface area contributed by atoms with Crippen molar-refractivity contribution in [2.24, 2.45) is 11.3 Å². The van der Waals surface area contributed by atoms with E-state index in [-0.39, 0.29) is 30.1 Å². The Balaban J connectivity index is 1.93. The molecule has 1 saturated heterocycles. The Morgan fingerprint density at radius 1 is 1.26 bits per heavy atom. The van der Waals surface area contributed by atoms with Crippen LogP contribution in [0.1, 0.15) is 39.2 Å². The van der Waals surface area contributed by atoms with E-state index in [2.05, 4.69) is 0 Å². The van der Waals surface area contributed by atoms with Crippen molar-refractivity contribution in [3.05, 3.63) is 33.9 Å². The molecule has 1 aromatic carbocycles. The summed E-state index contributed by atoms with van der Waals surface area (Å²) in [5.41, 5.74) is -0.0809. The first kappa shape index (κ1) is 20.7. The van der Waals surface area contributed by atoms with Crippen LogP contribution in [0, 0.1) is 21.4 Å². The van der Waals surface area contributed by atoms with Crippen molar-refractivity contribution in [2.45, 2.75) is 40.2 Å². The lowest BCUT2D eigenvalue weighted by molar-refractivity contribution is -0.385. The minimum Gasteiger partial charge on any atom is -0.496 e. The van der Waals surface area contributed by atoms with E-state index in [1.807, 2.05) is 20.8 Å². The van der Waals surface area contributed by atoms with Gasteiger partial charge in [0.15, 0.2) is 0 Å². The third-order valence-corrected chi connectivity index (χ3v) is 4.60. The second-order valence-corrected chi connectivity index (χ2v) is 7.68. The number of benzene rings is 1. The quantitative estimate of drug-likeness (QED) is 0.444. The van der Waals surface area contributed by atoms with E-state index in [0.717, 1.165) is 0 Å². The van der Waals surface area contributed by atoms with Gasteiger partial charge in [0.2, 0.25) is 5.91 Å². The number of carbonyl (C=O) groups excluding carboxylic acids is 2. The predicted molar refractivity (Wildman–Crippen MR) is 98.2 cm³/mol. The van der Waals surface area contributed by atoms with E-state index in [1.165, 1.54) is 25.3 Å². The van der Waals surface area contributed by atoms with Crippen molar-refractivity contribution >= 4 is 17.6 Å². The van der Waals surface area contributed by atoms with Gasteiger partial charge in [-0.1, -0.05) is 20.8 Å². The molecule has 0 atom stereocenters. The molecule has 0 bridgehead atoms. The standard InChI is InChI=1S/C19H26N2O6/c1-19(2,3)18(23)20-9-7-13(8-10-20)17(22)27-12-14-11-15(21(24)25)5-6-16(14)26-4/h5-6,11,13H,7-10,12H2,1-4H3. The fraction of sp³-hybridized carbons (Fsp3) is 0.579. The molecular weight excluding hydrogens is 352 g/mol. The molecule has 0 aromatic heterocycles. The van der Waals surface area contributed by atoms with Crippen molar-refractivity contribution in [3.63, 3.8) is 0 Å². The number of likely N-dealkylation sites (tertiary alicyclic amines) is 1. The van der Waals surface area contributed by atoms with Crippen LogP contribution < -0.4 is 4.74 Å². The van der Waals surface area contributed by atoms with Gasteiger partial charge in [-0.15, -0.1) is 0 Å². The molecule has 2 rings (SSSR count). The maximum atomic E-state index is 12.4. The predicted octanol–water partition coefficient (Wildman–Crippen LogP) is 2.93. The van der Waals surface area contributed by atoms with Gasteiger partial charge in [-0.2, -0.15) is 0 Å². The summed E-state index contributed by atoms with van der Waals surface area (Å²) in [7, 11) is 1.45. The Hall–Kier alpha value is -2.64. The third kappa shape index (κ3) is 5.18. The Labute approximate surface area is 158 Å². The first-order valence-corrected chi connectivity index (χ1v) is 8.90. The monoisotopic (exact) mass is 378 g/mol. The molecule has 0 spiro atoms. The molecule has 0 aliphatic carbocycles. The van der Waals surface area contributed by atoms with Crippen LogP contribution in [0.5, 0.6) is 5.75 Å². The molecule has 1 aliphatic rings. The number of nitro groups is 1. The Kier molecular flexibility index (Phi) is 6.41. The number of nitrogens with zero attached hydrogens (tertiary/aromatic N) is 2. The molecule has 1 fully saturated rings. The van der Waals surface area contributed by atoms with Crippen molar-refractivity contribution in [2.75, 3.05) is 20.2 Å². The summed E-state index contributed by atoms with van der Waals surface area (Å²) in [5, 5.41) is 10.9. The van der Waals surface area contributed by atoms with Gasteiger partial charge in [-0.3, -0.25) is 19.7 Å². The highest BCUT2D eigenvalue weighted by molar-refractivity contribution is 5.82. The van der Waals surface area contributed by atoms with Gasteiger partial charge >= 0.3 is 5.97 Å². The summed E-state index contributed by atoms with van der Waals surface area (Å²) in [5.74, 6) is -0.125. The van der Waals surface area contributed by atoms with Gasteiger partial charge < -0.3 is 14.4 Å². The van der Waals surface area contributed by atoms with Crippen LogP contribution in [0.3, 0.4) is 0 Å². The Bertz CT molecular complexity index is 717. The number of rotatable bonds is 5. The number of carbonyl (C=O) groups is 2. The fourth-order valence-electron chi connectivity index (χ4n) is 3.05. The van der Waals surface area contributed by atoms with E-state index in [1.54, 1.807) is 4.90 Å². The molecular formula is C19H26N2O6. The van der Waals surface area contributed by atoms with Crippen LogP contribution in [0.25, 0.3) is 0 Å². The van der Waals surface area contributed by atoms with Gasteiger partial charge in [0.1, 0.15) is 12.4 Å². The zero-order valence-corrected chi connectivity index (χ0v) is 16.2. The number of non-ortho nitro benzene ring substituents is 1. The average Bonchev–Trinajstić information content (AvgIpc) is 2.64. The van der Waals surface area contributed by atoms with E-state index in [9.17, 15) is 19.7 Å². The molecule has 27 heavy (non-hydrogen) atoms. The summed E-state index contributed by atoms with van der Waals surface area (Å²) < 4.78 is 10.5. The van der Waals surface area contributed by atoms with Crippen LogP contribution in [0.15, 0.2) is 18.2 Å². The molecule has 1 heterocycles. The highest BCUT2D eigenvalue weighted by atomic mass is 16.6. The lowest BCUT2D eigenvalue weighted by atomic mass is 9.91. The van der Waals surface area contributed by atoms with E-state index < -0.39 is 10.3 Å². The number of esters is 1. The summed E-state index contributed by atoms with van der Waals surface area (Å²) in [6, 6.07) is 4.17. The maximum absolute atomic E-state index is 12.4. The number of nitro benzene ring substituents is 1. The summed E-state index contributed by atoms with van der Waals surface area (Å²) in [6.07, 6.45) is 1.10. The first-order chi connectivity index (χ1) is 12.6. The van der Waals surface area contributed by atoms with Crippen molar-refractivity contribution < 1.29 is 24.0 Å². The molecule has 8 heteroatoms. The molecule has 8 nitrogen and oxygen atoms in total. The highest BCUT2D eigenvalue weighted by Crippen LogP contribution is 2.27. The normalized spacial score (nSPS) is 15.3. The average molecular weight is 378 g/mol. The summed E-state index contributed by atoms with van der Waals surface area (Å²) in [6.45, 7) is 6.59. The number of hydrogen-bond donors (Lipinski definition) is 0. The Morgan fingerprint density at radius 2 is 1.89 bits per heavy atom. The largest absolute Gasteiger partial charge is 0.496 e. The molecule has 1 aromatic rings. The van der Waals surface area contributed by atoms with Crippen LogP contribution in [0.4, 0.5) is 5.69 Å². The van der Waals surface area contributed by atoms with Crippen molar-refractivity contribution in [3.8, 4) is 5.75 Å². The van der Waals surface area contributed by atoms with Crippen LogP contribution in [0.2, 0.25) is 0 Å². The van der Waals surface area contributed by atoms with Gasteiger partial charge in [0, 0.05) is 36.2 Å². The Morgan fingerprint density at radius 3 is 2.41 bits per heavy atom. The summed E-state index contributed by atoms with van der Waals surface area (Å²) in [4.78, 5) is 36.9. The minimum absolute atomic E-state index is 0.0793. The van der Waals surface area contributed by atoms with Crippen molar-refractivity contribution in [1.82, 2.24) is 4.90 Å². The second-order valence-electron chi connectivity index (χ2n) is 7.68. The second kappa shape index (κ2) is 8.37. The van der Waals surface area contributed by atoms with Gasteiger partial charge in [0.05, 0.1) is 18.0 Å². The van der Waals surface area contributed by atoms with E-state index in [4.69, 9.17) is 9.47 Å². The molecule has 0 unspecified atom stereocenters. The number of hydrogen-bond acceptors (Lipinski definition) is 6. The SMILES string of the molecule is COc1ccc([N+](=O)[O-])cc1COC(=O)C1CCN(C(=O)C(C)(C)C)CC1. The zero-order chi connectivity index (χ0) is 20.2.